The van der Waals surface area contributed by atoms with Crippen molar-refractivity contribution in [3.8, 4) is 0 Å². The molecule has 0 aromatic heterocycles. The minimum Gasteiger partial charge on any atom is -0.545 e. The highest BCUT2D eigenvalue weighted by Crippen LogP contribution is 2.13. The molecule has 0 fully saturated rings. The summed E-state index contributed by atoms with van der Waals surface area (Å²) in [7, 11) is 5.88. The smallest absolute Gasteiger partial charge is 0.306 e. The van der Waals surface area contributed by atoms with Crippen molar-refractivity contribution in [3.05, 3.63) is 72.9 Å². The van der Waals surface area contributed by atoms with E-state index in [-0.39, 0.29) is 38.6 Å². The number of likely N-dealkylation sites (N-methyl/N-ethyl adjacent to an activating group) is 1. The molecule has 9 nitrogen and oxygen atoms in total. The lowest BCUT2D eigenvalue weighted by molar-refractivity contribution is -0.870. The number of allylic oxidation sites excluding steroid dienone is 12. The molecule has 2 unspecified atom stereocenters. The van der Waals surface area contributed by atoms with E-state index in [4.69, 9.17) is 18.9 Å². The summed E-state index contributed by atoms with van der Waals surface area (Å²) >= 11 is 0. The van der Waals surface area contributed by atoms with Crippen molar-refractivity contribution >= 4 is 17.9 Å². The summed E-state index contributed by atoms with van der Waals surface area (Å²) < 4.78 is 22.3. The number of carboxylic acids is 1. The molecule has 0 bridgehead atoms. The number of rotatable bonds is 39. The summed E-state index contributed by atoms with van der Waals surface area (Å²) in [5.74, 6) is -2.32. The van der Waals surface area contributed by atoms with E-state index in [1.807, 2.05) is 21.1 Å². The van der Waals surface area contributed by atoms with Crippen LogP contribution in [0.15, 0.2) is 72.9 Å². The van der Waals surface area contributed by atoms with Crippen LogP contribution in [0.2, 0.25) is 0 Å². The van der Waals surface area contributed by atoms with Crippen molar-refractivity contribution in [2.45, 2.75) is 167 Å². The average Bonchev–Trinajstić information content (AvgIpc) is 3.17. The summed E-state index contributed by atoms with van der Waals surface area (Å²) in [5.41, 5.74) is 0. The zero-order chi connectivity index (χ0) is 42.1. The molecule has 0 amide bonds. The molecule has 0 aliphatic rings. The molecule has 0 aromatic rings. The fourth-order valence-corrected chi connectivity index (χ4v) is 5.54. The number of hydrogen-bond donors (Lipinski definition) is 0. The molecule has 0 spiro atoms. The predicted molar refractivity (Wildman–Crippen MR) is 232 cm³/mol. The van der Waals surface area contributed by atoms with Crippen molar-refractivity contribution in [1.29, 1.82) is 0 Å². The Morgan fingerprint density at radius 2 is 1.00 bits per heavy atom. The number of hydrogen-bond acceptors (Lipinski definition) is 8. The van der Waals surface area contributed by atoms with Gasteiger partial charge in [0.2, 0.25) is 0 Å². The van der Waals surface area contributed by atoms with E-state index in [1.165, 1.54) is 25.7 Å². The van der Waals surface area contributed by atoms with E-state index in [2.05, 4.69) is 86.8 Å². The van der Waals surface area contributed by atoms with Gasteiger partial charge in [-0.1, -0.05) is 151 Å². The number of carbonyl (C=O) groups is 3. The molecule has 0 aromatic carbocycles. The van der Waals surface area contributed by atoms with Crippen LogP contribution in [-0.4, -0.2) is 82.3 Å². The van der Waals surface area contributed by atoms with Gasteiger partial charge in [-0.05, 0) is 64.2 Å². The van der Waals surface area contributed by atoms with Crippen LogP contribution in [0.5, 0.6) is 0 Å². The van der Waals surface area contributed by atoms with Gasteiger partial charge in [-0.25, -0.2) is 0 Å². The van der Waals surface area contributed by atoms with E-state index < -0.39 is 24.3 Å². The molecule has 326 valence electrons. The fourth-order valence-electron chi connectivity index (χ4n) is 5.54. The monoisotopic (exact) mass is 800 g/mol. The fraction of sp³-hybridized carbons (Fsp3) is 0.688. The van der Waals surface area contributed by atoms with Crippen LogP contribution >= 0.6 is 0 Å². The van der Waals surface area contributed by atoms with E-state index in [0.717, 1.165) is 96.3 Å². The molecule has 0 aliphatic heterocycles. The first-order valence-electron chi connectivity index (χ1n) is 22.1. The Labute approximate surface area is 347 Å². The van der Waals surface area contributed by atoms with E-state index in [1.54, 1.807) is 0 Å². The van der Waals surface area contributed by atoms with Gasteiger partial charge in [-0.2, -0.15) is 0 Å². The van der Waals surface area contributed by atoms with Crippen molar-refractivity contribution in [3.63, 3.8) is 0 Å². The lowest BCUT2D eigenvalue weighted by Gasteiger charge is -2.26. The molecule has 9 heteroatoms. The van der Waals surface area contributed by atoms with Crippen molar-refractivity contribution in [2.75, 3.05) is 47.5 Å². The topological polar surface area (TPSA) is 111 Å². The highest BCUT2D eigenvalue weighted by atomic mass is 16.7. The van der Waals surface area contributed by atoms with Crippen LogP contribution in [0.3, 0.4) is 0 Å². The Bertz CT molecular complexity index is 1160. The van der Waals surface area contributed by atoms with E-state index in [9.17, 15) is 19.5 Å². The second-order valence-corrected chi connectivity index (χ2v) is 15.6. The van der Waals surface area contributed by atoms with Gasteiger partial charge in [0.05, 0.1) is 40.3 Å². The third-order valence-electron chi connectivity index (χ3n) is 8.97. The number of unbranched alkanes of at least 4 members (excludes halogenated alkanes) is 12. The number of ether oxygens (including phenoxy) is 4. The molecule has 0 N–H and O–H groups in total. The summed E-state index contributed by atoms with van der Waals surface area (Å²) in [6.07, 6.45) is 45.6. The number of quaternary nitrogens is 1. The molecule has 57 heavy (non-hydrogen) atoms. The SMILES string of the molecule is CC/C=C\C/C=C\C/C=C\C/C=C\C/C=C\C/C=C\CCCCCCCCCCC(=O)OC(COC(=O)CCCCCCC)COC(OCC[N+](C)(C)C)C(=O)[O-]. The van der Waals surface area contributed by atoms with Crippen molar-refractivity contribution in [1.82, 2.24) is 0 Å². The summed E-state index contributed by atoms with van der Waals surface area (Å²) in [5, 5.41) is 11.6. The number of aliphatic carboxylic acids is 1. The number of carboxylic acid groups (broad SMARTS) is 1. The van der Waals surface area contributed by atoms with E-state index >= 15 is 0 Å². The first-order chi connectivity index (χ1) is 27.6. The number of esters is 2. The lowest BCUT2D eigenvalue weighted by atomic mass is 10.1. The highest BCUT2D eigenvalue weighted by Gasteiger charge is 2.21. The molecular weight excluding hydrogens is 719 g/mol. The van der Waals surface area contributed by atoms with Gasteiger partial charge in [0.15, 0.2) is 12.4 Å². The third-order valence-corrected chi connectivity index (χ3v) is 8.97. The second-order valence-electron chi connectivity index (χ2n) is 15.6. The summed E-state index contributed by atoms with van der Waals surface area (Å²) in [4.78, 5) is 36.6. The maximum atomic E-state index is 12.7. The zero-order valence-corrected chi connectivity index (χ0v) is 36.7. The largest absolute Gasteiger partial charge is 0.545 e. The first-order valence-corrected chi connectivity index (χ1v) is 22.1. The van der Waals surface area contributed by atoms with Gasteiger partial charge in [-0.15, -0.1) is 0 Å². The van der Waals surface area contributed by atoms with Gasteiger partial charge >= 0.3 is 11.9 Å². The van der Waals surface area contributed by atoms with Crippen LogP contribution in [0.4, 0.5) is 0 Å². The van der Waals surface area contributed by atoms with Crippen LogP contribution in [-0.2, 0) is 33.3 Å². The van der Waals surface area contributed by atoms with Crippen LogP contribution < -0.4 is 5.11 Å². The Kier molecular flexibility index (Phi) is 37.3. The lowest BCUT2D eigenvalue weighted by Crippen LogP contribution is -2.44. The number of nitrogens with zero attached hydrogens (tertiary/aromatic N) is 1. The summed E-state index contributed by atoms with van der Waals surface area (Å²) in [6.45, 7) is 4.49. The van der Waals surface area contributed by atoms with Crippen molar-refractivity contribution in [2.24, 2.45) is 0 Å². The molecule has 0 saturated carbocycles. The Balaban J connectivity index is 4.20. The highest BCUT2D eigenvalue weighted by molar-refractivity contribution is 5.70. The van der Waals surface area contributed by atoms with Crippen molar-refractivity contribution < 1.29 is 42.9 Å². The Morgan fingerprint density at radius 1 is 0.544 bits per heavy atom. The average molecular weight is 800 g/mol. The molecule has 0 aliphatic carbocycles. The maximum Gasteiger partial charge on any atom is 0.306 e. The van der Waals surface area contributed by atoms with Gasteiger partial charge in [-0.3, -0.25) is 9.59 Å². The normalized spacial score (nSPS) is 13.6. The van der Waals surface area contributed by atoms with Gasteiger partial charge in [0.1, 0.15) is 13.2 Å². The van der Waals surface area contributed by atoms with Gasteiger partial charge in [0, 0.05) is 12.8 Å². The molecular formula is C48H81NO8. The standard InChI is InChI=1S/C48H81NO8/c1-6-8-10-12-13-14-15-16-17-18-19-20-21-22-23-24-25-26-27-28-29-30-31-32-33-35-37-39-46(51)57-44(42-55-45(50)38-36-34-11-9-7-2)43-56-48(47(52)53)54-41-40-49(3,4)5/h8,10,13-14,16-17,19-20,22-23,25-26,44,48H,6-7,9,11-12,15,18,21,24,27-43H2,1-5H3/b10-8-,14-13-,17-16-,20-19-,23-22-,26-25-. The molecule has 0 rings (SSSR count). The Morgan fingerprint density at radius 3 is 1.49 bits per heavy atom. The Hall–Kier alpha value is -3.27. The second kappa shape index (κ2) is 39.6. The molecule has 2 atom stereocenters. The minimum absolute atomic E-state index is 0.143. The first kappa shape index (κ1) is 53.7. The third kappa shape index (κ3) is 40.7. The van der Waals surface area contributed by atoms with E-state index in [0.29, 0.717) is 17.4 Å². The zero-order valence-electron chi connectivity index (χ0n) is 36.7. The number of carbonyl (C=O) groups excluding carboxylic acids is 3. The van der Waals surface area contributed by atoms with Crippen LogP contribution in [0, 0.1) is 0 Å². The minimum atomic E-state index is -1.62. The quantitative estimate of drug-likeness (QED) is 0.0199. The van der Waals surface area contributed by atoms with Crippen LogP contribution in [0.25, 0.3) is 0 Å². The molecule has 0 saturated heterocycles. The summed E-state index contributed by atoms with van der Waals surface area (Å²) in [6, 6.07) is 0. The van der Waals surface area contributed by atoms with Crippen LogP contribution in [0.1, 0.15) is 155 Å². The van der Waals surface area contributed by atoms with Gasteiger partial charge < -0.3 is 33.3 Å². The maximum absolute atomic E-state index is 12.7. The molecule has 0 radical (unpaired) electrons. The predicted octanol–water partition coefficient (Wildman–Crippen LogP) is 10.2. The van der Waals surface area contributed by atoms with Gasteiger partial charge in [0.25, 0.3) is 0 Å². The molecule has 0 heterocycles.